The van der Waals surface area contributed by atoms with Crippen LogP contribution in [0.2, 0.25) is 0 Å². The van der Waals surface area contributed by atoms with Crippen LogP contribution in [-0.2, 0) is 13.2 Å². The van der Waals surface area contributed by atoms with E-state index < -0.39 is 11.7 Å². The summed E-state index contributed by atoms with van der Waals surface area (Å²) in [5.74, 6) is 1.36. The molecule has 2 aromatic heterocycles. The van der Waals surface area contributed by atoms with Crippen molar-refractivity contribution in [2.75, 3.05) is 23.9 Å². The van der Waals surface area contributed by atoms with Gasteiger partial charge >= 0.3 is 6.18 Å². The van der Waals surface area contributed by atoms with Gasteiger partial charge < -0.3 is 15.6 Å². The molecule has 3 aromatic rings. The maximum Gasteiger partial charge on any atom is 0.417 e. The molecule has 0 spiro atoms. The lowest BCUT2D eigenvalue weighted by molar-refractivity contribution is -0.137. The molecule has 0 unspecified atom stereocenters. The second kappa shape index (κ2) is 6.71. The summed E-state index contributed by atoms with van der Waals surface area (Å²) in [5, 5.41) is 3.04. The summed E-state index contributed by atoms with van der Waals surface area (Å²) in [4.78, 5) is 9.31. The minimum absolute atomic E-state index is 0.195. The van der Waals surface area contributed by atoms with Crippen LogP contribution in [0.15, 0.2) is 29.3 Å². The second-order valence-electron chi connectivity index (χ2n) is 5.68. The first-order valence-electron chi connectivity index (χ1n) is 7.90. The Labute approximate surface area is 152 Å². The number of thioether (sulfide) groups is 1. The van der Waals surface area contributed by atoms with Gasteiger partial charge in [-0.05, 0) is 24.0 Å². The van der Waals surface area contributed by atoms with Gasteiger partial charge in [0.05, 0.1) is 16.9 Å². The molecular formula is C17H18F3N5S. The zero-order valence-electron chi connectivity index (χ0n) is 14.5. The number of anilines is 2. The summed E-state index contributed by atoms with van der Waals surface area (Å²) in [7, 11) is 3.51. The molecule has 0 atom stereocenters. The predicted octanol–water partition coefficient (Wildman–Crippen LogP) is 4.39. The van der Waals surface area contributed by atoms with Crippen molar-refractivity contribution < 1.29 is 13.2 Å². The summed E-state index contributed by atoms with van der Waals surface area (Å²) in [6.45, 7) is 2.02. The SMILES string of the molecule is CCSc1cc(NC)c(N)cc1-c1nc2cc(C(F)(F)F)cnc2n1C. The van der Waals surface area contributed by atoms with Gasteiger partial charge in [0, 0.05) is 30.8 Å². The number of hydrogen-bond donors (Lipinski definition) is 2. The van der Waals surface area contributed by atoms with Gasteiger partial charge in [0.15, 0.2) is 5.65 Å². The molecule has 1 aromatic carbocycles. The molecular weight excluding hydrogens is 363 g/mol. The molecule has 138 valence electrons. The van der Waals surface area contributed by atoms with Crippen molar-refractivity contribution in [2.24, 2.45) is 7.05 Å². The average molecular weight is 381 g/mol. The van der Waals surface area contributed by atoms with E-state index in [4.69, 9.17) is 5.73 Å². The van der Waals surface area contributed by atoms with Crippen molar-refractivity contribution in [3.63, 3.8) is 0 Å². The fraction of sp³-hybridized carbons (Fsp3) is 0.294. The van der Waals surface area contributed by atoms with Crippen molar-refractivity contribution in [3.8, 4) is 11.4 Å². The summed E-state index contributed by atoms with van der Waals surface area (Å²) in [6, 6.07) is 4.73. The Morgan fingerprint density at radius 3 is 2.62 bits per heavy atom. The highest BCUT2D eigenvalue weighted by atomic mass is 32.2. The van der Waals surface area contributed by atoms with Gasteiger partial charge in [0.2, 0.25) is 0 Å². The molecule has 0 saturated carbocycles. The van der Waals surface area contributed by atoms with E-state index >= 15 is 0 Å². The second-order valence-corrected chi connectivity index (χ2v) is 6.98. The third-order valence-corrected chi connectivity index (χ3v) is 4.94. The summed E-state index contributed by atoms with van der Waals surface area (Å²) < 4.78 is 40.5. The van der Waals surface area contributed by atoms with E-state index in [2.05, 4.69) is 15.3 Å². The van der Waals surface area contributed by atoms with E-state index in [0.29, 0.717) is 17.2 Å². The number of halogens is 3. The Balaban J connectivity index is 2.22. The smallest absolute Gasteiger partial charge is 0.397 e. The topological polar surface area (TPSA) is 68.8 Å². The Bertz CT molecular complexity index is 965. The Morgan fingerprint density at radius 1 is 1.27 bits per heavy atom. The molecule has 0 amide bonds. The van der Waals surface area contributed by atoms with Crippen LogP contribution < -0.4 is 11.1 Å². The van der Waals surface area contributed by atoms with Crippen LogP contribution in [0.3, 0.4) is 0 Å². The first-order valence-corrected chi connectivity index (χ1v) is 8.89. The number of nitrogen functional groups attached to an aromatic ring is 1. The molecule has 2 heterocycles. The number of nitrogens with one attached hydrogen (secondary N) is 1. The van der Waals surface area contributed by atoms with Gasteiger partial charge in [-0.2, -0.15) is 13.2 Å². The van der Waals surface area contributed by atoms with Crippen molar-refractivity contribution in [2.45, 2.75) is 18.0 Å². The number of nitrogens with zero attached hydrogens (tertiary/aromatic N) is 3. The molecule has 0 radical (unpaired) electrons. The van der Waals surface area contributed by atoms with Crippen LogP contribution in [0.5, 0.6) is 0 Å². The molecule has 0 bridgehead atoms. The van der Waals surface area contributed by atoms with E-state index in [1.54, 1.807) is 36.5 Å². The predicted molar refractivity (Wildman–Crippen MR) is 99.3 cm³/mol. The van der Waals surface area contributed by atoms with Crippen LogP contribution in [-0.4, -0.2) is 27.3 Å². The first kappa shape index (κ1) is 18.4. The van der Waals surface area contributed by atoms with Crippen LogP contribution in [0.25, 0.3) is 22.6 Å². The number of imidazole rings is 1. The van der Waals surface area contributed by atoms with Gasteiger partial charge in [-0.15, -0.1) is 11.8 Å². The van der Waals surface area contributed by atoms with E-state index in [0.717, 1.165) is 34.2 Å². The zero-order chi connectivity index (χ0) is 19.1. The van der Waals surface area contributed by atoms with Gasteiger partial charge in [-0.25, -0.2) is 9.97 Å². The van der Waals surface area contributed by atoms with Crippen molar-refractivity contribution in [3.05, 3.63) is 30.0 Å². The molecule has 0 fully saturated rings. The van der Waals surface area contributed by atoms with E-state index in [1.165, 1.54) is 0 Å². The first-order chi connectivity index (χ1) is 12.3. The minimum atomic E-state index is -4.46. The van der Waals surface area contributed by atoms with E-state index in [1.807, 2.05) is 13.0 Å². The molecule has 0 aliphatic heterocycles. The van der Waals surface area contributed by atoms with Crippen LogP contribution in [0.4, 0.5) is 24.5 Å². The normalized spacial score (nSPS) is 11.9. The van der Waals surface area contributed by atoms with E-state index in [-0.39, 0.29) is 5.52 Å². The third kappa shape index (κ3) is 3.18. The van der Waals surface area contributed by atoms with Gasteiger partial charge in [0.25, 0.3) is 0 Å². The summed E-state index contributed by atoms with van der Waals surface area (Å²) in [6.07, 6.45) is -3.63. The fourth-order valence-corrected chi connectivity index (χ4v) is 3.55. The number of aromatic nitrogens is 3. The molecule has 3 rings (SSSR count). The Hall–Kier alpha value is -2.42. The van der Waals surface area contributed by atoms with E-state index in [9.17, 15) is 13.2 Å². The number of benzene rings is 1. The van der Waals surface area contributed by atoms with Crippen LogP contribution in [0, 0.1) is 0 Å². The highest BCUT2D eigenvalue weighted by Crippen LogP contribution is 2.38. The maximum absolute atomic E-state index is 12.9. The number of fused-ring (bicyclic) bond motifs is 1. The van der Waals surface area contributed by atoms with Crippen LogP contribution >= 0.6 is 11.8 Å². The lowest BCUT2D eigenvalue weighted by atomic mass is 10.1. The highest BCUT2D eigenvalue weighted by Gasteiger charge is 2.32. The number of nitrogens with two attached hydrogens (primary N) is 1. The van der Waals surface area contributed by atoms with Gasteiger partial charge in [-0.1, -0.05) is 6.92 Å². The van der Waals surface area contributed by atoms with Gasteiger partial charge in [0.1, 0.15) is 11.3 Å². The standard InChI is InChI=1S/C17H18F3N5S/c1-4-26-14-7-12(22-2)11(21)6-10(14)15-24-13-5-9(17(18,19)20)8-23-16(13)25(15)3/h5-8,22H,4,21H2,1-3H3. The lowest BCUT2D eigenvalue weighted by Gasteiger charge is -2.13. The maximum atomic E-state index is 12.9. The highest BCUT2D eigenvalue weighted by molar-refractivity contribution is 7.99. The summed E-state index contributed by atoms with van der Waals surface area (Å²) >= 11 is 1.61. The number of rotatable bonds is 4. The quantitative estimate of drug-likeness (QED) is 0.518. The average Bonchev–Trinajstić information content (AvgIpc) is 2.92. The molecule has 26 heavy (non-hydrogen) atoms. The number of aryl methyl sites for hydroxylation is 1. The number of alkyl halides is 3. The molecule has 0 aliphatic carbocycles. The van der Waals surface area contributed by atoms with Crippen molar-refractivity contribution >= 4 is 34.3 Å². The molecule has 0 aliphatic rings. The van der Waals surface area contributed by atoms with Crippen LogP contribution in [0.1, 0.15) is 12.5 Å². The zero-order valence-corrected chi connectivity index (χ0v) is 15.3. The number of hydrogen-bond acceptors (Lipinski definition) is 5. The molecule has 3 N–H and O–H groups in total. The Morgan fingerprint density at radius 2 is 2.00 bits per heavy atom. The van der Waals surface area contributed by atoms with Gasteiger partial charge in [-0.3, -0.25) is 0 Å². The molecule has 9 heteroatoms. The molecule has 5 nitrogen and oxygen atoms in total. The number of pyridine rings is 1. The minimum Gasteiger partial charge on any atom is -0.397 e. The third-order valence-electron chi connectivity index (χ3n) is 4.00. The fourth-order valence-electron chi connectivity index (χ4n) is 2.73. The molecule has 0 saturated heterocycles. The van der Waals surface area contributed by atoms with Crippen molar-refractivity contribution in [1.82, 2.24) is 14.5 Å². The monoisotopic (exact) mass is 381 g/mol. The lowest BCUT2D eigenvalue weighted by Crippen LogP contribution is -2.05. The Kier molecular flexibility index (Phi) is 4.74. The summed E-state index contributed by atoms with van der Waals surface area (Å²) in [5.41, 5.74) is 7.95. The largest absolute Gasteiger partial charge is 0.417 e. The van der Waals surface area contributed by atoms with Crippen molar-refractivity contribution in [1.29, 1.82) is 0 Å².